The van der Waals surface area contributed by atoms with Crippen molar-refractivity contribution in [1.29, 1.82) is 0 Å². The first-order valence-electron chi connectivity index (χ1n) is 13.1. The summed E-state index contributed by atoms with van der Waals surface area (Å²) in [5.41, 5.74) is 1.07. The normalized spacial score (nSPS) is 20.5. The zero-order chi connectivity index (χ0) is 29.6. The van der Waals surface area contributed by atoms with Crippen molar-refractivity contribution >= 4 is 28.9 Å². The van der Waals surface area contributed by atoms with Crippen molar-refractivity contribution < 1.29 is 28.2 Å². The van der Waals surface area contributed by atoms with Crippen LogP contribution in [0.4, 0.5) is 24.8 Å². The first-order valence-corrected chi connectivity index (χ1v) is 13.9. The third kappa shape index (κ3) is 5.96. The van der Waals surface area contributed by atoms with Gasteiger partial charge in [-0.3, -0.25) is 4.79 Å². The quantitative estimate of drug-likeness (QED) is 0.217. The lowest BCUT2D eigenvalue weighted by atomic mass is 9.63. The number of alkyl halides is 3. The molecule has 1 fully saturated rings. The molecular weight excluding hydrogens is 553 g/mol. The van der Waals surface area contributed by atoms with E-state index in [9.17, 15) is 28.2 Å². The van der Waals surface area contributed by atoms with Crippen LogP contribution in [0.15, 0.2) is 60.9 Å². The number of nitrogens with zero attached hydrogens (tertiary/aromatic N) is 3. The van der Waals surface area contributed by atoms with Crippen LogP contribution in [-0.4, -0.2) is 31.1 Å². The zero-order valence-electron chi connectivity index (χ0n) is 22.7. The van der Waals surface area contributed by atoms with Crippen LogP contribution in [0.5, 0.6) is 0 Å². The van der Waals surface area contributed by atoms with Crippen molar-refractivity contribution in [2.24, 2.45) is 11.3 Å². The van der Waals surface area contributed by atoms with Gasteiger partial charge in [0.25, 0.3) is 0 Å². The van der Waals surface area contributed by atoms with Gasteiger partial charge in [0.2, 0.25) is 5.95 Å². The van der Waals surface area contributed by atoms with E-state index in [2.05, 4.69) is 20.3 Å². The van der Waals surface area contributed by atoms with Crippen LogP contribution in [0.3, 0.4) is 0 Å². The maximum absolute atomic E-state index is 13.2. The van der Waals surface area contributed by atoms with Crippen molar-refractivity contribution in [3.05, 3.63) is 77.2 Å². The number of hydrogen-bond acceptors (Lipinski definition) is 7. The number of carbonyl (C=O) groups is 1. The van der Waals surface area contributed by atoms with Gasteiger partial charge in [0.15, 0.2) is 0 Å². The van der Waals surface area contributed by atoms with Gasteiger partial charge in [0.05, 0.1) is 10.8 Å². The standard InChI is InChI=1S/C30H29F3N4O3S/c1-17-6-4-5-7-21(17)18-12-19(14-20(13-18)36-27-34-11-9-24(37-27)30(31,32)33)23-15-35-26(41-23)29(40)10-8-22(25(38)39)28(2,3)16-29/h4-7,9,11-15,22,40H,8,10,16H2,1-3H3,(H,38,39)(H,34,36,37)/t22-,29+/m0/s1. The summed E-state index contributed by atoms with van der Waals surface area (Å²) in [4.78, 5) is 24.6. The molecule has 2 atom stereocenters. The molecule has 1 saturated carbocycles. The number of benzene rings is 2. The van der Waals surface area contributed by atoms with Gasteiger partial charge in [-0.2, -0.15) is 13.2 Å². The minimum absolute atomic E-state index is 0.190. The smallest absolute Gasteiger partial charge is 0.433 e. The van der Waals surface area contributed by atoms with Crippen molar-refractivity contribution in [2.45, 2.75) is 51.8 Å². The van der Waals surface area contributed by atoms with Crippen LogP contribution in [-0.2, 0) is 16.6 Å². The second-order valence-electron chi connectivity index (χ2n) is 11.2. The number of halogens is 3. The van der Waals surface area contributed by atoms with Gasteiger partial charge in [-0.15, -0.1) is 11.3 Å². The van der Waals surface area contributed by atoms with Gasteiger partial charge >= 0.3 is 12.1 Å². The van der Waals surface area contributed by atoms with Crippen molar-refractivity contribution in [3.63, 3.8) is 0 Å². The number of thiazole rings is 1. The Kier molecular flexibility index (Phi) is 7.37. The van der Waals surface area contributed by atoms with Crippen molar-refractivity contribution in [1.82, 2.24) is 15.0 Å². The third-order valence-corrected chi connectivity index (χ3v) is 8.86. The molecule has 0 spiro atoms. The van der Waals surface area contributed by atoms with E-state index in [1.165, 1.54) is 11.3 Å². The summed E-state index contributed by atoms with van der Waals surface area (Å²) in [7, 11) is 0. The highest BCUT2D eigenvalue weighted by molar-refractivity contribution is 7.15. The number of hydrogen-bond donors (Lipinski definition) is 3. The highest BCUT2D eigenvalue weighted by atomic mass is 32.1. The number of nitrogens with one attached hydrogen (secondary N) is 1. The van der Waals surface area contributed by atoms with E-state index in [-0.39, 0.29) is 18.8 Å². The fourth-order valence-electron chi connectivity index (χ4n) is 5.60. The minimum Gasteiger partial charge on any atom is -0.481 e. The number of rotatable bonds is 6. The van der Waals surface area contributed by atoms with Crippen molar-refractivity contribution in [3.8, 4) is 21.6 Å². The molecule has 1 aliphatic carbocycles. The molecule has 2 aromatic carbocycles. The summed E-state index contributed by atoms with van der Waals surface area (Å²) < 4.78 is 39.7. The Morgan fingerprint density at radius 2 is 1.83 bits per heavy atom. The number of carboxylic acids is 1. The molecule has 0 unspecified atom stereocenters. The Morgan fingerprint density at radius 1 is 1.10 bits per heavy atom. The Bertz CT molecular complexity index is 1600. The highest BCUT2D eigenvalue weighted by Crippen LogP contribution is 2.51. The predicted molar refractivity (Wildman–Crippen MR) is 151 cm³/mol. The second-order valence-corrected chi connectivity index (χ2v) is 12.2. The SMILES string of the molecule is Cc1ccccc1-c1cc(Nc2nccc(C(F)(F)F)n2)cc(-c2cnc([C@@]3(O)CC[C@@H](C(=O)O)C(C)(C)C3)s2)c1. The lowest BCUT2D eigenvalue weighted by Crippen LogP contribution is -2.44. The lowest BCUT2D eigenvalue weighted by Gasteiger charge is -2.44. The molecule has 4 aromatic rings. The number of aromatic nitrogens is 3. The molecule has 0 radical (unpaired) electrons. The maximum Gasteiger partial charge on any atom is 0.433 e. The molecule has 2 aromatic heterocycles. The van der Waals surface area contributed by atoms with E-state index in [0.29, 0.717) is 17.1 Å². The average Bonchev–Trinajstić information content (AvgIpc) is 3.39. The molecule has 0 aliphatic heterocycles. The highest BCUT2D eigenvalue weighted by Gasteiger charge is 2.49. The van der Waals surface area contributed by atoms with E-state index in [1.807, 2.05) is 57.2 Å². The fourth-order valence-corrected chi connectivity index (χ4v) is 6.62. The molecule has 3 N–H and O–H groups in total. The number of anilines is 2. The summed E-state index contributed by atoms with van der Waals surface area (Å²) in [6, 6.07) is 14.1. The third-order valence-electron chi connectivity index (χ3n) is 7.62. The summed E-state index contributed by atoms with van der Waals surface area (Å²) in [5.74, 6) is -1.61. The number of aliphatic hydroxyl groups is 1. The predicted octanol–water partition coefficient (Wildman–Crippen LogP) is 7.44. The number of aryl methyl sites for hydroxylation is 1. The topological polar surface area (TPSA) is 108 Å². The fraction of sp³-hybridized carbons (Fsp3) is 0.333. The van der Waals surface area contributed by atoms with Crippen LogP contribution in [0, 0.1) is 18.3 Å². The van der Waals surface area contributed by atoms with E-state index in [4.69, 9.17) is 0 Å². The summed E-state index contributed by atoms with van der Waals surface area (Å²) in [5, 5.41) is 24.6. The van der Waals surface area contributed by atoms with E-state index in [1.54, 1.807) is 12.3 Å². The molecule has 0 amide bonds. The summed E-state index contributed by atoms with van der Waals surface area (Å²) >= 11 is 1.31. The monoisotopic (exact) mass is 582 g/mol. The molecular formula is C30H29F3N4O3S. The minimum atomic E-state index is -4.61. The first-order chi connectivity index (χ1) is 19.2. The Morgan fingerprint density at radius 3 is 2.51 bits per heavy atom. The molecule has 1 aliphatic rings. The maximum atomic E-state index is 13.2. The van der Waals surface area contributed by atoms with Gasteiger partial charge in [-0.05, 0) is 78.1 Å². The molecule has 11 heteroatoms. The molecule has 214 valence electrons. The van der Waals surface area contributed by atoms with Crippen molar-refractivity contribution in [2.75, 3.05) is 5.32 Å². The van der Waals surface area contributed by atoms with E-state index in [0.717, 1.165) is 39.4 Å². The van der Waals surface area contributed by atoms with Gasteiger partial charge in [-0.1, -0.05) is 38.1 Å². The van der Waals surface area contributed by atoms with Crippen LogP contribution in [0.25, 0.3) is 21.6 Å². The van der Waals surface area contributed by atoms with E-state index < -0.39 is 34.8 Å². The largest absolute Gasteiger partial charge is 0.481 e. The molecule has 0 saturated heterocycles. The summed E-state index contributed by atoms with van der Waals surface area (Å²) in [6.07, 6.45) is -1.01. The van der Waals surface area contributed by atoms with Gasteiger partial charge in [0, 0.05) is 18.1 Å². The summed E-state index contributed by atoms with van der Waals surface area (Å²) in [6.45, 7) is 5.67. The Balaban J connectivity index is 1.53. The lowest BCUT2D eigenvalue weighted by molar-refractivity contribution is -0.154. The van der Waals surface area contributed by atoms with Crippen LogP contribution in [0.1, 0.15) is 49.4 Å². The Labute approximate surface area is 239 Å². The van der Waals surface area contributed by atoms with Gasteiger partial charge in [-0.25, -0.2) is 15.0 Å². The average molecular weight is 583 g/mol. The molecule has 0 bridgehead atoms. The van der Waals surface area contributed by atoms with Gasteiger partial charge < -0.3 is 15.5 Å². The number of aliphatic carboxylic acids is 1. The molecule has 5 rings (SSSR count). The molecule has 2 heterocycles. The zero-order valence-corrected chi connectivity index (χ0v) is 23.5. The van der Waals surface area contributed by atoms with Gasteiger partial charge in [0.1, 0.15) is 16.3 Å². The van der Waals surface area contributed by atoms with Crippen LogP contribution >= 0.6 is 11.3 Å². The van der Waals surface area contributed by atoms with Crippen LogP contribution in [0.2, 0.25) is 0 Å². The second kappa shape index (κ2) is 10.5. The number of carboxylic acid groups (broad SMARTS) is 1. The molecule has 41 heavy (non-hydrogen) atoms. The molecule has 7 nitrogen and oxygen atoms in total. The van der Waals surface area contributed by atoms with E-state index >= 15 is 0 Å². The van der Waals surface area contributed by atoms with Crippen LogP contribution < -0.4 is 5.32 Å². The first kappa shape index (κ1) is 28.7. The Hall–Kier alpha value is -3.83.